The van der Waals surface area contributed by atoms with Crippen LogP contribution in [0.5, 0.6) is 0 Å². The summed E-state index contributed by atoms with van der Waals surface area (Å²) in [7, 11) is 0. The molecule has 108 valence electrons. The largest absolute Gasteiger partial charge is 0.370 e. The van der Waals surface area contributed by atoms with Crippen molar-refractivity contribution >= 4 is 11.6 Å². The van der Waals surface area contributed by atoms with Gasteiger partial charge in [0, 0.05) is 5.69 Å². The summed E-state index contributed by atoms with van der Waals surface area (Å²) in [4.78, 5) is 4.65. The Kier molecular flexibility index (Phi) is 3.95. The predicted octanol–water partition coefficient (Wildman–Crippen LogP) is 3.69. The molecule has 2 aliphatic carbocycles. The number of hydrogen-bond donors (Lipinski definition) is 2. The standard InChI is InChI=1S/C17H25N3/c1-12-6-5-9-14(10-12)19-17(18)20-16-11-15(16)13-7-3-2-4-8-13/h5-6,9-10,13,15-16H,2-4,7-8,11H2,1H3,(H3,18,19,20). The van der Waals surface area contributed by atoms with Crippen LogP contribution in [0.3, 0.4) is 0 Å². The Hall–Kier alpha value is -1.51. The highest BCUT2D eigenvalue weighted by Gasteiger charge is 2.43. The maximum atomic E-state index is 6.03. The van der Waals surface area contributed by atoms with E-state index in [1.807, 2.05) is 12.1 Å². The molecule has 3 rings (SSSR count). The number of guanidine groups is 1. The molecule has 3 heteroatoms. The average molecular weight is 271 g/mol. The van der Waals surface area contributed by atoms with Gasteiger partial charge in [-0.25, -0.2) is 4.99 Å². The summed E-state index contributed by atoms with van der Waals surface area (Å²) in [5.74, 6) is 2.27. The summed E-state index contributed by atoms with van der Waals surface area (Å²) in [6, 6.07) is 8.70. The highest BCUT2D eigenvalue weighted by molar-refractivity contribution is 5.92. The number of nitrogens with two attached hydrogens (primary N) is 1. The molecule has 2 unspecified atom stereocenters. The Labute approximate surface area is 121 Å². The fraction of sp³-hybridized carbons (Fsp3) is 0.588. The lowest BCUT2D eigenvalue weighted by Crippen LogP contribution is -2.23. The van der Waals surface area contributed by atoms with Gasteiger partial charge in [0.25, 0.3) is 0 Å². The van der Waals surface area contributed by atoms with E-state index in [-0.39, 0.29) is 0 Å². The van der Waals surface area contributed by atoms with Crippen LogP contribution in [0.25, 0.3) is 0 Å². The Balaban J connectivity index is 1.54. The molecule has 2 aliphatic rings. The number of hydrogen-bond acceptors (Lipinski definition) is 1. The van der Waals surface area contributed by atoms with Gasteiger partial charge < -0.3 is 11.1 Å². The maximum Gasteiger partial charge on any atom is 0.193 e. The molecule has 20 heavy (non-hydrogen) atoms. The van der Waals surface area contributed by atoms with Gasteiger partial charge in [0.2, 0.25) is 0 Å². The second-order valence-corrected chi connectivity index (χ2v) is 6.37. The Morgan fingerprint density at radius 3 is 2.80 bits per heavy atom. The predicted molar refractivity (Wildman–Crippen MR) is 84.9 cm³/mol. The van der Waals surface area contributed by atoms with Crippen molar-refractivity contribution in [1.82, 2.24) is 0 Å². The van der Waals surface area contributed by atoms with Crippen molar-refractivity contribution in [3.63, 3.8) is 0 Å². The zero-order valence-electron chi connectivity index (χ0n) is 12.3. The van der Waals surface area contributed by atoms with Gasteiger partial charge in [-0.2, -0.15) is 0 Å². The monoisotopic (exact) mass is 271 g/mol. The minimum Gasteiger partial charge on any atom is -0.370 e. The molecule has 0 heterocycles. The first-order valence-corrected chi connectivity index (χ1v) is 7.89. The van der Waals surface area contributed by atoms with E-state index in [0.717, 1.165) is 17.5 Å². The first-order chi connectivity index (χ1) is 9.72. The molecule has 1 aromatic rings. The highest BCUT2D eigenvalue weighted by atomic mass is 15.1. The molecule has 0 amide bonds. The number of aryl methyl sites for hydroxylation is 1. The van der Waals surface area contributed by atoms with Crippen LogP contribution in [0.2, 0.25) is 0 Å². The lowest BCUT2D eigenvalue weighted by atomic mass is 9.85. The Morgan fingerprint density at radius 1 is 1.25 bits per heavy atom. The maximum absolute atomic E-state index is 6.03. The number of anilines is 1. The molecule has 2 atom stereocenters. The second-order valence-electron chi connectivity index (χ2n) is 6.37. The summed E-state index contributed by atoms with van der Waals surface area (Å²) in [6.07, 6.45) is 8.29. The van der Waals surface area contributed by atoms with Gasteiger partial charge in [-0.15, -0.1) is 0 Å². The van der Waals surface area contributed by atoms with Crippen LogP contribution >= 0.6 is 0 Å². The molecule has 0 aromatic heterocycles. The van der Waals surface area contributed by atoms with Crippen LogP contribution in [0.15, 0.2) is 29.3 Å². The third-order valence-corrected chi connectivity index (χ3v) is 4.66. The van der Waals surface area contributed by atoms with Crippen molar-refractivity contribution in [3.05, 3.63) is 29.8 Å². The summed E-state index contributed by atoms with van der Waals surface area (Å²) in [5, 5.41) is 3.21. The van der Waals surface area contributed by atoms with E-state index in [1.54, 1.807) is 0 Å². The zero-order chi connectivity index (χ0) is 13.9. The SMILES string of the molecule is Cc1cccc(NC(N)=NC2CC2C2CCCCC2)c1. The fourth-order valence-corrected chi connectivity index (χ4v) is 3.50. The van der Waals surface area contributed by atoms with Crippen molar-refractivity contribution in [2.24, 2.45) is 22.6 Å². The van der Waals surface area contributed by atoms with E-state index < -0.39 is 0 Å². The van der Waals surface area contributed by atoms with E-state index >= 15 is 0 Å². The molecule has 0 radical (unpaired) electrons. The summed E-state index contributed by atoms with van der Waals surface area (Å²) in [5.41, 5.74) is 8.29. The van der Waals surface area contributed by atoms with Crippen molar-refractivity contribution in [3.8, 4) is 0 Å². The summed E-state index contributed by atoms with van der Waals surface area (Å²) < 4.78 is 0. The van der Waals surface area contributed by atoms with Gasteiger partial charge in [-0.3, -0.25) is 0 Å². The first kappa shape index (κ1) is 13.5. The summed E-state index contributed by atoms with van der Waals surface area (Å²) in [6.45, 7) is 2.08. The van der Waals surface area contributed by atoms with Crippen LogP contribution in [-0.4, -0.2) is 12.0 Å². The Bertz CT molecular complexity index is 489. The van der Waals surface area contributed by atoms with Crippen molar-refractivity contribution in [2.75, 3.05) is 5.32 Å². The average Bonchev–Trinajstić information content (AvgIpc) is 3.19. The lowest BCUT2D eigenvalue weighted by Gasteiger charge is -2.21. The van der Waals surface area contributed by atoms with Gasteiger partial charge in [0.15, 0.2) is 5.96 Å². The molecule has 0 saturated heterocycles. The van der Waals surface area contributed by atoms with Crippen LogP contribution in [0.1, 0.15) is 44.1 Å². The first-order valence-electron chi connectivity index (χ1n) is 7.89. The van der Waals surface area contributed by atoms with Crippen LogP contribution in [-0.2, 0) is 0 Å². The Morgan fingerprint density at radius 2 is 2.05 bits per heavy atom. The number of aliphatic imine (C=N–C) groups is 1. The highest BCUT2D eigenvalue weighted by Crippen LogP contribution is 2.46. The molecule has 2 saturated carbocycles. The molecule has 0 spiro atoms. The summed E-state index contributed by atoms with van der Waals surface area (Å²) >= 11 is 0. The van der Waals surface area contributed by atoms with Gasteiger partial charge >= 0.3 is 0 Å². The minimum atomic E-state index is 0.468. The molecule has 1 aromatic carbocycles. The second kappa shape index (κ2) is 5.86. The number of nitrogens with one attached hydrogen (secondary N) is 1. The third-order valence-electron chi connectivity index (χ3n) is 4.66. The van der Waals surface area contributed by atoms with Crippen LogP contribution in [0, 0.1) is 18.8 Å². The van der Waals surface area contributed by atoms with Gasteiger partial charge in [0.05, 0.1) is 6.04 Å². The molecule has 3 N–H and O–H groups in total. The van der Waals surface area contributed by atoms with Crippen LogP contribution in [0.4, 0.5) is 5.69 Å². The smallest absolute Gasteiger partial charge is 0.193 e. The van der Waals surface area contributed by atoms with E-state index in [4.69, 9.17) is 5.73 Å². The molecule has 3 nitrogen and oxygen atoms in total. The minimum absolute atomic E-state index is 0.468. The topological polar surface area (TPSA) is 50.4 Å². The molecular weight excluding hydrogens is 246 g/mol. The van der Waals surface area contributed by atoms with Gasteiger partial charge in [0.1, 0.15) is 0 Å². The number of benzene rings is 1. The quantitative estimate of drug-likeness (QED) is 0.650. The molecule has 0 aliphatic heterocycles. The van der Waals surface area contributed by atoms with Crippen LogP contribution < -0.4 is 11.1 Å². The van der Waals surface area contributed by atoms with Crippen molar-refractivity contribution < 1.29 is 0 Å². The van der Waals surface area contributed by atoms with Crippen molar-refractivity contribution in [1.29, 1.82) is 0 Å². The van der Waals surface area contributed by atoms with Gasteiger partial charge in [-0.05, 0) is 42.9 Å². The van der Waals surface area contributed by atoms with E-state index in [9.17, 15) is 0 Å². The number of nitrogens with zero attached hydrogens (tertiary/aromatic N) is 1. The fourth-order valence-electron chi connectivity index (χ4n) is 3.50. The lowest BCUT2D eigenvalue weighted by molar-refractivity contribution is 0.318. The molecule has 0 bridgehead atoms. The zero-order valence-corrected chi connectivity index (χ0v) is 12.3. The third kappa shape index (κ3) is 3.33. The van der Waals surface area contributed by atoms with E-state index in [2.05, 4.69) is 29.4 Å². The molecular formula is C17H25N3. The van der Waals surface area contributed by atoms with E-state index in [1.165, 1.54) is 44.1 Å². The van der Waals surface area contributed by atoms with Gasteiger partial charge in [-0.1, -0.05) is 44.2 Å². The van der Waals surface area contributed by atoms with E-state index in [0.29, 0.717) is 12.0 Å². The normalized spacial score (nSPS) is 27.4. The van der Waals surface area contributed by atoms with Crippen molar-refractivity contribution in [2.45, 2.75) is 51.5 Å². The molecule has 2 fully saturated rings. The number of rotatable bonds is 3.